The number of hydrogen-bond acceptors (Lipinski definition) is 6. The van der Waals surface area contributed by atoms with Crippen LogP contribution in [0.4, 0.5) is 0 Å². The Morgan fingerprint density at radius 3 is 2.96 bits per heavy atom. The van der Waals surface area contributed by atoms with Crippen LogP contribution < -0.4 is 16.3 Å². The second kappa shape index (κ2) is 9.48. The van der Waals surface area contributed by atoms with Crippen molar-refractivity contribution in [3.63, 3.8) is 0 Å². The van der Waals surface area contributed by atoms with Gasteiger partial charge in [-0.1, -0.05) is 18.7 Å². The van der Waals surface area contributed by atoms with Crippen molar-refractivity contribution in [3.8, 4) is 0 Å². The van der Waals surface area contributed by atoms with Crippen LogP contribution in [0.1, 0.15) is 26.2 Å². The van der Waals surface area contributed by atoms with Gasteiger partial charge in [-0.15, -0.1) is 5.10 Å². The molecule has 0 saturated carbocycles. The van der Waals surface area contributed by atoms with Crippen LogP contribution in [-0.4, -0.2) is 58.1 Å². The van der Waals surface area contributed by atoms with Crippen LogP contribution in [0.3, 0.4) is 0 Å². The highest BCUT2D eigenvalue weighted by atomic mass is 32.2. The van der Waals surface area contributed by atoms with Gasteiger partial charge in [-0.2, -0.15) is 0 Å². The van der Waals surface area contributed by atoms with Crippen LogP contribution in [0.2, 0.25) is 0 Å². The quantitative estimate of drug-likeness (QED) is 0.512. The molecule has 10 heteroatoms. The van der Waals surface area contributed by atoms with Gasteiger partial charge in [-0.25, -0.2) is 9.89 Å². The highest BCUT2D eigenvalue weighted by Gasteiger charge is 2.20. The van der Waals surface area contributed by atoms with Crippen LogP contribution in [-0.2, 0) is 20.9 Å². The number of aromatic amines is 1. The molecule has 0 aromatic carbocycles. The Labute approximate surface area is 143 Å². The van der Waals surface area contributed by atoms with E-state index in [1.165, 1.54) is 4.57 Å². The van der Waals surface area contributed by atoms with E-state index in [0.29, 0.717) is 24.9 Å². The van der Waals surface area contributed by atoms with Crippen LogP contribution in [0, 0.1) is 0 Å². The Morgan fingerprint density at radius 2 is 2.25 bits per heavy atom. The number of amides is 2. The molecule has 0 spiro atoms. The van der Waals surface area contributed by atoms with Crippen molar-refractivity contribution in [1.82, 2.24) is 25.4 Å². The van der Waals surface area contributed by atoms with E-state index in [-0.39, 0.29) is 35.9 Å². The maximum Gasteiger partial charge on any atom is 0.344 e. The Morgan fingerprint density at radius 1 is 1.42 bits per heavy atom. The fraction of sp³-hybridized carbons (Fsp3) is 0.714. The summed E-state index contributed by atoms with van der Waals surface area (Å²) in [6, 6.07) is 0. The first-order valence-corrected chi connectivity index (χ1v) is 9.01. The molecule has 1 aliphatic heterocycles. The third-order valence-electron chi connectivity index (χ3n) is 3.48. The molecule has 9 nitrogen and oxygen atoms in total. The van der Waals surface area contributed by atoms with Crippen LogP contribution >= 0.6 is 11.8 Å². The van der Waals surface area contributed by atoms with Crippen molar-refractivity contribution in [2.45, 2.75) is 44.0 Å². The van der Waals surface area contributed by atoms with E-state index >= 15 is 0 Å². The summed E-state index contributed by atoms with van der Waals surface area (Å²) in [6.07, 6.45) is 2.75. The maximum atomic E-state index is 11.8. The van der Waals surface area contributed by atoms with Crippen LogP contribution in [0.15, 0.2) is 9.95 Å². The zero-order valence-electron chi connectivity index (χ0n) is 13.7. The molecule has 1 aromatic heterocycles. The molecule has 0 bridgehead atoms. The lowest BCUT2D eigenvalue weighted by Gasteiger charge is -2.11. The molecule has 0 radical (unpaired) electrons. The van der Waals surface area contributed by atoms with Crippen molar-refractivity contribution in [3.05, 3.63) is 10.5 Å². The molecule has 24 heavy (non-hydrogen) atoms. The maximum absolute atomic E-state index is 11.8. The molecular weight excluding hydrogens is 334 g/mol. The molecule has 2 rings (SSSR count). The van der Waals surface area contributed by atoms with Gasteiger partial charge >= 0.3 is 5.69 Å². The molecule has 134 valence electrons. The van der Waals surface area contributed by atoms with Gasteiger partial charge in [0.15, 0.2) is 5.16 Å². The van der Waals surface area contributed by atoms with Crippen molar-refractivity contribution < 1.29 is 14.3 Å². The van der Waals surface area contributed by atoms with Crippen molar-refractivity contribution in [2.24, 2.45) is 0 Å². The Kier molecular flexibility index (Phi) is 7.32. The minimum Gasteiger partial charge on any atom is -0.376 e. The first-order chi connectivity index (χ1) is 11.6. The van der Waals surface area contributed by atoms with Crippen molar-refractivity contribution in [1.29, 1.82) is 0 Å². The third kappa shape index (κ3) is 5.68. The Hall–Kier alpha value is -1.81. The number of hydrogen-bond donors (Lipinski definition) is 3. The Bertz CT molecular complexity index is 609. The van der Waals surface area contributed by atoms with Gasteiger partial charge in [0.1, 0.15) is 0 Å². The van der Waals surface area contributed by atoms with E-state index in [2.05, 4.69) is 20.8 Å². The third-order valence-corrected chi connectivity index (χ3v) is 4.46. The number of carbonyl (C=O) groups excluding carboxylic acids is 2. The number of nitrogens with one attached hydrogen (secondary N) is 3. The molecule has 2 amide bonds. The average molecular weight is 357 g/mol. The molecule has 1 aliphatic rings. The normalized spacial score (nSPS) is 17.0. The topological polar surface area (TPSA) is 118 Å². The van der Waals surface area contributed by atoms with Gasteiger partial charge in [-0.05, 0) is 19.3 Å². The second-order valence-electron chi connectivity index (χ2n) is 5.47. The lowest BCUT2D eigenvalue weighted by molar-refractivity contribution is -0.124. The fourth-order valence-electron chi connectivity index (χ4n) is 2.25. The fourth-order valence-corrected chi connectivity index (χ4v) is 3.04. The van der Waals surface area contributed by atoms with E-state index in [1.54, 1.807) is 0 Å². The van der Waals surface area contributed by atoms with Crippen LogP contribution in [0.25, 0.3) is 0 Å². The van der Waals surface area contributed by atoms with Gasteiger partial charge in [-0.3, -0.25) is 14.2 Å². The minimum absolute atomic E-state index is 0.00994. The van der Waals surface area contributed by atoms with Gasteiger partial charge < -0.3 is 15.4 Å². The molecule has 0 aliphatic carbocycles. The van der Waals surface area contributed by atoms with Gasteiger partial charge in [0.25, 0.3) is 0 Å². The zero-order chi connectivity index (χ0) is 17.4. The predicted octanol–water partition coefficient (Wildman–Crippen LogP) is -0.515. The molecule has 0 unspecified atom stereocenters. The van der Waals surface area contributed by atoms with E-state index in [4.69, 9.17) is 4.74 Å². The van der Waals surface area contributed by atoms with E-state index in [0.717, 1.165) is 31.0 Å². The summed E-state index contributed by atoms with van der Waals surface area (Å²) in [5, 5.41) is 12.0. The SMILES string of the molecule is CCCNC(=O)CNC(=O)CSc1n[nH]c(=O)n1C[C@H]1CCCO1. The zero-order valence-corrected chi connectivity index (χ0v) is 14.5. The van der Waals surface area contributed by atoms with E-state index in [9.17, 15) is 14.4 Å². The molecule has 1 atom stereocenters. The number of aromatic nitrogens is 3. The minimum atomic E-state index is -0.313. The molecule has 1 aromatic rings. The summed E-state index contributed by atoms with van der Waals surface area (Å²) in [6.45, 7) is 3.63. The van der Waals surface area contributed by atoms with E-state index in [1.807, 2.05) is 6.92 Å². The number of carbonyl (C=O) groups is 2. The smallest absolute Gasteiger partial charge is 0.344 e. The number of nitrogens with zero attached hydrogens (tertiary/aromatic N) is 2. The van der Waals surface area contributed by atoms with Crippen molar-refractivity contribution >= 4 is 23.6 Å². The highest BCUT2D eigenvalue weighted by Crippen LogP contribution is 2.17. The summed E-state index contributed by atoms with van der Waals surface area (Å²) < 4.78 is 7.01. The number of H-pyrrole nitrogens is 1. The summed E-state index contributed by atoms with van der Waals surface area (Å²) in [7, 11) is 0. The number of thioether (sulfide) groups is 1. The molecule has 2 heterocycles. The average Bonchev–Trinajstić information content (AvgIpc) is 3.20. The Balaban J connectivity index is 1.78. The summed E-state index contributed by atoms with van der Waals surface area (Å²) in [5.41, 5.74) is -0.313. The van der Waals surface area contributed by atoms with Crippen LogP contribution in [0.5, 0.6) is 0 Å². The molecule has 1 fully saturated rings. The summed E-state index contributed by atoms with van der Waals surface area (Å²) in [5.74, 6) is -0.423. The first-order valence-electron chi connectivity index (χ1n) is 8.03. The largest absolute Gasteiger partial charge is 0.376 e. The van der Waals surface area contributed by atoms with Gasteiger partial charge in [0.2, 0.25) is 11.8 Å². The highest BCUT2D eigenvalue weighted by molar-refractivity contribution is 7.99. The lowest BCUT2D eigenvalue weighted by Crippen LogP contribution is -2.37. The predicted molar refractivity (Wildman–Crippen MR) is 88.9 cm³/mol. The second-order valence-corrected chi connectivity index (χ2v) is 6.41. The van der Waals surface area contributed by atoms with Gasteiger partial charge in [0, 0.05) is 13.2 Å². The number of ether oxygens (including phenoxy) is 1. The van der Waals surface area contributed by atoms with Crippen molar-refractivity contribution in [2.75, 3.05) is 25.4 Å². The van der Waals surface area contributed by atoms with E-state index < -0.39 is 0 Å². The first kappa shape index (κ1) is 18.5. The molecular formula is C14H23N5O4S. The standard InChI is InChI=1S/C14H23N5O4S/c1-2-5-15-11(20)7-16-12(21)9-24-14-18-17-13(22)19(14)8-10-4-3-6-23-10/h10H,2-9H2,1H3,(H,15,20)(H,16,21)(H,17,22)/t10-/m1/s1. The molecule has 1 saturated heterocycles. The monoisotopic (exact) mass is 357 g/mol. The molecule has 3 N–H and O–H groups in total. The van der Waals surface area contributed by atoms with Gasteiger partial charge in [0.05, 0.1) is 24.9 Å². The number of rotatable bonds is 9. The summed E-state index contributed by atoms with van der Waals surface area (Å²) in [4.78, 5) is 35.0. The summed E-state index contributed by atoms with van der Waals surface area (Å²) >= 11 is 1.15. The lowest BCUT2D eigenvalue weighted by atomic mass is 10.2.